The molecule has 152 valence electrons. The third-order valence-electron chi connectivity index (χ3n) is 4.88. The molecular formula is C17H24Cl2F2N4O2. The van der Waals surface area contributed by atoms with E-state index in [4.69, 9.17) is 10.5 Å². The lowest BCUT2D eigenvalue weighted by Gasteiger charge is -2.35. The van der Waals surface area contributed by atoms with Crippen LogP contribution in [-0.2, 0) is 9.53 Å². The molecule has 3 N–H and O–H groups in total. The minimum absolute atomic E-state index is 0. The maximum absolute atomic E-state index is 13.6. The van der Waals surface area contributed by atoms with Crippen LogP contribution in [0.15, 0.2) is 24.3 Å². The van der Waals surface area contributed by atoms with Gasteiger partial charge in [-0.2, -0.15) is 8.78 Å². The van der Waals surface area contributed by atoms with E-state index >= 15 is 0 Å². The van der Waals surface area contributed by atoms with Gasteiger partial charge in [-0.3, -0.25) is 9.36 Å². The van der Waals surface area contributed by atoms with Gasteiger partial charge in [0.15, 0.2) is 0 Å². The van der Waals surface area contributed by atoms with Crippen molar-refractivity contribution in [2.24, 2.45) is 11.1 Å². The Morgan fingerprint density at radius 1 is 1.33 bits per heavy atom. The Kier molecular flexibility index (Phi) is 8.41. The summed E-state index contributed by atoms with van der Waals surface area (Å²) in [7, 11) is 0. The van der Waals surface area contributed by atoms with E-state index in [1.54, 1.807) is 31.2 Å². The van der Waals surface area contributed by atoms with Crippen LogP contribution in [0.1, 0.15) is 38.2 Å². The number of nitrogens with one attached hydrogen (secondary N) is 1. The number of nitrogens with zero attached hydrogens (tertiary/aromatic N) is 2. The van der Waals surface area contributed by atoms with Crippen molar-refractivity contribution in [2.75, 3.05) is 19.8 Å². The second-order valence-electron chi connectivity index (χ2n) is 6.40. The number of carbonyl (C=O) groups excluding carboxylic acids is 1. The number of fused-ring (bicyclic) bond motifs is 1. The van der Waals surface area contributed by atoms with Gasteiger partial charge in [-0.05, 0) is 31.9 Å². The predicted molar refractivity (Wildman–Crippen MR) is 104 cm³/mol. The van der Waals surface area contributed by atoms with E-state index in [1.807, 2.05) is 0 Å². The van der Waals surface area contributed by atoms with Crippen molar-refractivity contribution in [3.8, 4) is 0 Å². The molecule has 2 aromatic rings. The van der Waals surface area contributed by atoms with Crippen molar-refractivity contribution in [3.63, 3.8) is 0 Å². The Morgan fingerprint density at radius 3 is 2.56 bits per heavy atom. The molecule has 1 atom stereocenters. The molecule has 1 amide bonds. The number of hydrogen-bond donors (Lipinski definition) is 2. The van der Waals surface area contributed by atoms with Crippen molar-refractivity contribution in [2.45, 2.75) is 32.4 Å². The average molecular weight is 425 g/mol. The molecule has 1 saturated heterocycles. The fraction of sp³-hybridized carbons (Fsp3) is 0.529. The number of para-hydroxylation sites is 2. The zero-order valence-electron chi connectivity index (χ0n) is 14.9. The van der Waals surface area contributed by atoms with Gasteiger partial charge in [0.05, 0.1) is 22.5 Å². The summed E-state index contributed by atoms with van der Waals surface area (Å²) in [6.07, 6.45) is 1.04. The zero-order valence-corrected chi connectivity index (χ0v) is 16.5. The van der Waals surface area contributed by atoms with Crippen LogP contribution in [0.4, 0.5) is 8.78 Å². The van der Waals surface area contributed by atoms with Gasteiger partial charge in [-0.1, -0.05) is 12.1 Å². The highest BCUT2D eigenvalue weighted by molar-refractivity contribution is 5.85. The topological polar surface area (TPSA) is 82.2 Å². The molecular weight excluding hydrogens is 401 g/mol. The van der Waals surface area contributed by atoms with E-state index in [2.05, 4.69) is 10.3 Å². The molecule has 1 aliphatic rings. The molecule has 0 spiro atoms. The number of halogens is 4. The Labute approximate surface area is 168 Å². The van der Waals surface area contributed by atoms with E-state index < -0.39 is 18.0 Å². The summed E-state index contributed by atoms with van der Waals surface area (Å²) in [5.74, 6) is -0.109. The Balaban J connectivity index is 0.00000182. The van der Waals surface area contributed by atoms with Crippen molar-refractivity contribution in [1.82, 2.24) is 14.9 Å². The number of hydrogen-bond acceptors (Lipinski definition) is 4. The van der Waals surface area contributed by atoms with Gasteiger partial charge in [-0.25, -0.2) is 4.98 Å². The summed E-state index contributed by atoms with van der Waals surface area (Å²) >= 11 is 0. The second kappa shape index (κ2) is 9.64. The molecule has 0 bridgehead atoms. The lowest BCUT2D eigenvalue weighted by atomic mass is 9.79. The molecule has 6 nitrogen and oxygen atoms in total. The van der Waals surface area contributed by atoms with Crippen LogP contribution in [0.2, 0.25) is 0 Å². The highest BCUT2D eigenvalue weighted by Gasteiger charge is 2.39. The number of ether oxygens (including phenoxy) is 1. The number of nitrogens with two attached hydrogens (primary N) is 1. The summed E-state index contributed by atoms with van der Waals surface area (Å²) in [6, 6.07) is 6.02. The van der Waals surface area contributed by atoms with Crippen molar-refractivity contribution in [3.05, 3.63) is 30.1 Å². The molecule has 2 heterocycles. The highest BCUT2D eigenvalue weighted by atomic mass is 35.5. The third-order valence-corrected chi connectivity index (χ3v) is 4.88. The predicted octanol–water partition coefficient (Wildman–Crippen LogP) is 3.21. The van der Waals surface area contributed by atoms with E-state index in [0.717, 1.165) is 4.57 Å². The van der Waals surface area contributed by atoms with Gasteiger partial charge in [0, 0.05) is 19.8 Å². The summed E-state index contributed by atoms with van der Waals surface area (Å²) in [5, 5.41) is 2.82. The molecule has 3 rings (SSSR count). The molecule has 1 fully saturated rings. The lowest BCUT2D eigenvalue weighted by Crippen LogP contribution is -2.49. The molecule has 0 aliphatic carbocycles. The second-order valence-corrected chi connectivity index (χ2v) is 6.40. The molecule has 27 heavy (non-hydrogen) atoms. The van der Waals surface area contributed by atoms with Crippen molar-refractivity contribution < 1.29 is 18.3 Å². The van der Waals surface area contributed by atoms with Crippen molar-refractivity contribution in [1.29, 1.82) is 0 Å². The first-order valence-corrected chi connectivity index (χ1v) is 8.32. The molecule has 10 heteroatoms. The number of amides is 1. The fourth-order valence-electron chi connectivity index (χ4n) is 3.27. The van der Waals surface area contributed by atoms with Crippen LogP contribution >= 0.6 is 24.8 Å². The number of carbonyl (C=O) groups is 1. The highest BCUT2D eigenvalue weighted by Crippen LogP contribution is 2.31. The van der Waals surface area contributed by atoms with E-state index in [1.165, 1.54) is 0 Å². The van der Waals surface area contributed by atoms with E-state index in [0.29, 0.717) is 37.1 Å². The van der Waals surface area contributed by atoms with Crippen LogP contribution in [0.5, 0.6) is 0 Å². The first kappa shape index (κ1) is 23.6. The minimum Gasteiger partial charge on any atom is -0.381 e. The Hall–Kier alpha value is -1.48. The third kappa shape index (κ3) is 4.51. The van der Waals surface area contributed by atoms with Gasteiger partial charge < -0.3 is 15.8 Å². The van der Waals surface area contributed by atoms with E-state index in [9.17, 15) is 13.6 Å². The molecule has 1 aliphatic heterocycles. The number of benzene rings is 1. The van der Waals surface area contributed by atoms with Gasteiger partial charge in [0.2, 0.25) is 5.91 Å². The lowest BCUT2D eigenvalue weighted by molar-refractivity contribution is -0.136. The summed E-state index contributed by atoms with van der Waals surface area (Å²) in [5.41, 5.74) is 5.93. The SMILES string of the molecule is CC(NC(=O)C1(CN)CCOCC1)c1nc2ccccc2n1C(F)F.Cl.Cl. The number of alkyl halides is 2. The molecule has 1 aromatic carbocycles. The van der Waals surface area contributed by atoms with Crippen LogP contribution in [0, 0.1) is 5.41 Å². The summed E-state index contributed by atoms with van der Waals surface area (Å²) in [4.78, 5) is 17.1. The Morgan fingerprint density at radius 2 is 1.96 bits per heavy atom. The van der Waals surface area contributed by atoms with Gasteiger partial charge >= 0.3 is 6.55 Å². The Bertz CT molecular complexity index is 766. The maximum Gasteiger partial charge on any atom is 0.320 e. The monoisotopic (exact) mass is 424 g/mol. The molecule has 0 saturated carbocycles. The minimum atomic E-state index is -2.74. The number of rotatable bonds is 5. The van der Waals surface area contributed by atoms with Gasteiger partial charge in [0.25, 0.3) is 0 Å². The van der Waals surface area contributed by atoms with Crippen LogP contribution < -0.4 is 11.1 Å². The zero-order chi connectivity index (χ0) is 18.0. The largest absolute Gasteiger partial charge is 0.381 e. The smallest absolute Gasteiger partial charge is 0.320 e. The van der Waals surface area contributed by atoms with Crippen LogP contribution in [0.3, 0.4) is 0 Å². The first-order chi connectivity index (χ1) is 12.0. The number of aromatic nitrogens is 2. The summed E-state index contributed by atoms with van der Waals surface area (Å²) in [6.45, 7) is 0.0402. The fourth-order valence-corrected chi connectivity index (χ4v) is 3.27. The quantitative estimate of drug-likeness (QED) is 0.771. The molecule has 1 unspecified atom stereocenters. The summed E-state index contributed by atoms with van der Waals surface area (Å²) < 4.78 is 33.3. The van der Waals surface area contributed by atoms with Crippen LogP contribution in [-0.4, -0.2) is 35.2 Å². The maximum atomic E-state index is 13.6. The first-order valence-electron chi connectivity index (χ1n) is 8.32. The number of imidazole rings is 1. The van der Waals surface area contributed by atoms with Crippen LogP contribution in [0.25, 0.3) is 11.0 Å². The van der Waals surface area contributed by atoms with Gasteiger partial charge in [0.1, 0.15) is 5.82 Å². The molecule has 0 radical (unpaired) electrons. The molecule has 1 aromatic heterocycles. The standard InChI is InChI=1S/C17H22F2N4O2.2ClH/c1-11(21-15(24)17(10-20)6-8-25-9-7-17)14-22-12-4-2-3-5-13(12)23(14)16(18)19;;/h2-5,11,16H,6-10,20H2,1H3,(H,21,24);2*1H. The average Bonchev–Trinajstić information content (AvgIpc) is 3.02. The van der Waals surface area contributed by atoms with Crippen molar-refractivity contribution >= 4 is 41.8 Å². The normalized spacial score (nSPS) is 17.1. The van der Waals surface area contributed by atoms with E-state index in [-0.39, 0.29) is 43.1 Å². The van der Waals surface area contributed by atoms with Gasteiger partial charge in [-0.15, -0.1) is 24.8 Å².